The Labute approximate surface area is 185 Å². The van der Waals surface area contributed by atoms with Crippen molar-refractivity contribution in [2.24, 2.45) is 5.92 Å². The lowest BCUT2D eigenvalue weighted by molar-refractivity contribution is -0.115. The molecule has 3 rings (SSSR count). The first-order chi connectivity index (χ1) is 14.4. The summed E-state index contributed by atoms with van der Waals surface area (Å²) in [4.78, 5) is 14.7. The number of piperidine rings is 1. The van der Waals surface area contributed by atoms with Crippen molar-refractivity contribution < 1.29 is 4.79 Å². The molecule has 5 heteroatoms. The molecule has 0 unspecified atom stereocenters. The van der Waals surface area contributed by atoms with Gasteiger partial charge in [-0.25, -0.2) is 0 Å². The van der Waals surface area contributed by atoms with Gasteiger partial charge in [-0.2, -0.15) is 0 Å². The van der Waals surface area contributed by atoms with E-state index < -0.39 is 0 Å². The van der Waals surface area contributed by atoms with Crippen LogP contribution in [0.5, 0.6) is 0 Å². The maximum atomic E-state index is 12.3. The minimum atomic E-state index is -0.246. The van der Waals surface area contributed by atoms with Crippen LogP contribution in [-0.4, -0.2) is 24.1 Å². The minimum Gasteiger partial charge on any atom is -0.370 e. The summed E-state index contributed by atoms with van der Waals surface area (Å²) in [5, 5.41) is 6.24. The van der Waals surface area contributed by atoms with Crippen molar-refractivity contribution >= 4 is 40.7 Å². The molecular weight excluding hydrogens is 390 g/mol. The first kappa shape index (κ1) is 22.0. The molecule has 2 aromatic carbocycles. The predicted octanol–water partition coefficient (Wildman–Crippen LogP) is 5.57. The molecule has 0 aliphatic carbocycles. The second-order valence-corrected chi connectivity index (χ2v) is 8.69. The highest BCUT2D eigenvalue weighted by Gasteiger charge is 2.18. The molecule has 0 aromatic heterocycles. The number of hydrogen-bond donors (Lipinski definition) is 2. The van der Waals surface area contributed by atoms with E-state index in [9.17, 15) is 4.79 Å². The van der Waals surface area contributed by atoms with Crippen molar-refractivity contribution in [2.75, 3.05) is 23.3 Å². The van der Waals surface area contributed by atoms with E-state index in [1.165, 1.54) is 24.5 Å². The van der Waals surface area contributed by atoms with E-state index >= 15 is 0 Å². The third kappa shape index (κ3) is 6.17. The lowest BCUT2D eigenvalue weighted by atomic mass is 9.98. The lowest BCUT2D eigenvalue weighted by Gasteiger charge is -2.33. The van der Waals surface area contributed by atoms with Gasteiger partial charge in [0.15, 0.2) is 5.11 Å². The summed E-state index contributed by atoms with van der Waals surface area (Å²) in [6.07, 6.45) is 5.69. The number of nitrogens with zero attached hydrogens (tertiary/aromatic N) is 1. The number of amides is 1. The third-order valence-corrected chi connectivity index (χ3v) is 5.75. The van der Waals surface area contributed by atoms with Crippen LogP contribution in [0.4, 0.5) is 11.4 Å². The number of nitrogens with one attached hydrogen (secondary N) is 2. The fourth-order valence-corrected chi connectivity index (χ4v) is 3.79. The predicted molar refractivity (Wildman–Crippen MR) is 131 cm³/mol. The molecule has 4 nitrogen and oxygen atoms in total. The van der Waals surface area contributed by atoms with E-state index in [1.807, 2.05) is 30.3 Å². The van der Waals surface area contributed by atoms with Crippen LogP contribution in [0.2, 0.25) is 0 Å². The molecule has 2 aromatic rings. The third-order valence-electron chi connectivity index (χ3n) is 5.54. The van der Waals surface area contributed by atoms with Gasteiger partial charge in [-0.05, 0) is 66.2 Å². The van der Waals surface area contributed by atoms with Gasteiger partial charge in [-0.3, -0.25) is 10.1 Å². The largest absolute Gasteiger partial charge is 0.370 e. The Bertz CT molecular complexity index is 897. The van der Waals surface area contributed by atoms with Crippen molar-refractivity contribution in [3.05, 3.63) is 65.7 Å². The zero-order valence-corrected chi connectivity index (χ0v) is 18.8. The molecular formula is C25H31N3OS. The molecule has 1 saturated heterocycles. The van der Waals surface area contributed by atoms with Gasteiger partial charge in [0, 0.05) is 19.2 Å². The highest BCUT2D eigenvalue weighted by molar-refractivity contribution is 7.80. The van der Waals surface area contributed by atoms with Crippen LogP contribution in [0.3, 0.4) is 0 Å². The lowest BCUT2D eigenvalue weighted by Crippen LogP contribution is -2.35. The summed E-state index contributed by atoms with van der Waals surface area (Å²) in [6, 6.07) is 16.3. The second-order valence-electron chi connectivity index (χ2n) is 8.28. The molecule has 1 aliphatic rings. The quantitative estimate of drug-likeness (QED) is 0.489. The summed E-state index contributed by atoms with van der Waals surface area (Å²) in [7, 11) is 0. The van der Waals surface area contributed by atoms with E-state index in [0.29, 0.717) is 11.0 Å². The molecule has 0 atom stereocenters. The molecule has 1 heterocycles. The molecule has 1 aliphatic heterocycles. The molecule has 0 radical (unpaired) electrons. The van der Waals surface area contributed by atoms with Gasteiger partial charge in [0.05, 0.1) is 11.4 Å². The molecule has 2 N–H and O–H groups in total. The van der Waals surface area contributed by atoms with Crippen LogP contribution in [0, 0.1) is 5.92 Å². The Morgan fingerprint density at radius 2 is 1.77 bits per heavy atom. The van der Waals surface area contributed by atoms with Gasteiger partial charge >= 0.3 is 0 Å². The average Bonchev–Trinajstić information content (AvgIpc) is 2.73. The van der Waals surface area contributed by atoms with E-state index in [2.05, 4.69) is 54.5 Å². The number of hydrogen-bond acceptors (Lipinski definition) is 3. The SMILES string of the molecule is CC1CCN(c2ccccc2NC(=S)NC(=O)/C=C/c2ccc(C(C)C)cc2)CC1. The van der Waals surface area contributed by atoms with Crippen molar-refractivity contribution in [1.29, 1.82) is 0 Å². The number of anilines is 2. The molecule has 0 bridgehead atoms. The Morgan fingerprint density at radius 3 is 2.43 bits per heavy atom. The van der Waals surface area contributed by atoms with Gasteiger partial charge in [0.1, 0.15) is 0 Å². The molecule has 1 amide bonds. The average molecular weight is 422 g/mol. The van der Waals surface area contributed by atoms with Crippen molar-refractivity contribution in [1.82, 2.24) is 5.32 Å². The summed E-state index contributed by atoms with van der Waals surface area (Å²) < 4.78 is 0. The van der Waals surface area contributed by atoms with E-state index in [4.69, 9.17) is 12.2 Å². The van der Waals surface area contributed by atoms with E-state index in [0.717, 1.165) is 35.9 Å². The van der Waals surface area contributed by atoms with Gasteiger partial charge in [-0.15, -0.1) is 0 Å². The van der Waals surface area contributed by atoms with E-state index in [1.54, 1.807) is 6.08 Å². The molecule has 30 heavy (non-hydrogen) atoms. The summed E-state index contributed by atoms with van der Waals surface area (Å²) >= 11 is 5.37. The molecule has 0 spiro atoms. The summed E-state index contributed by atoms with van der Waals surface area (Å²) in [6.45, 7) is 8.71. The van der Waals surface area contributed by atoms with Crippen LogP contribution in [0.25, 0.3) is 6.08 Å². The number of thiocarbonyl (C=S) groups is 1. The minimum absolute atomic E-state index is 0.246. The zero-order chi connectivity index (χ0) is 21.5. The first-order valence-corrected chi connectivity index (χ1v) is 11.1. The van der Waals surface area contributed by atoms with Crippen LogP contribution in [0.1, 0.15) is 50.7 Å². The van der Waals surface area contributed by atoms with Gasteiger partial charge < -0.3 is 10.2 Å². The Kier molecular flexibility index (Phi) is 7.63. The number of carbonyl (C=O) groups excluding carboxylic acids is 1. The van der Waals surface area contributed by atoms with Gasteiger partial charge in [0.2, 0.25) is 5.91 Å². The van der Waals surface area contributed by atoms with Gasteiger partial charge in [-0.1, -0.05) is 57.2 Å². The number of para-hydroxylation sites is 2. The number of carbonyl (C=O) groups is 1. The molecule has 0 saturated carbocycles. The van der Waals surface area contributed by atoms with Gasteiger partial charge in [0.25, 0.3) is 0 Å². The maximum absolute atomic E-state index is 12.3. The monoisotopic (exact) mass is 421 g/mol. The topological polar surface area (TPSA) is 44.4 Å². The fourth-order valence-electron chi connectivity index (χ4n) is 3.58. The number of benzene rings is 2. The highest BCUT2D eigenvalue weighted by atomic mass is 32.1. The van der Waals surface area contributed by atoms with Crippen molar-refractivity contribution in [3.8, 4) is 0 Å². The Balaban J connectivity index is 1.57. The maximum Gasteiger partial charge on any atom is 0.250 e. The van der Waals surface area contributed by atoms with Crippen LogP contribution in [0.15, 0.2) is 54.6 Å². The van der Waals surface area contributed by atoms with Crippen molar-refractivity contribution in [2.45, 2.75) is 39.5 Å². The van der Waals surface area contributed by atoms with Crippen molar-refractivity contribution in [3.63, 3.8) is 0 Å². The van der Waals surface area contributed by atoms with Crippen LogP contribution < -0.4 is 15.5 Å². The standard InChI is InChI=1S/C25H31N3OS/c1-18(2)21-11-8-20(9-12-21)10-13-24(29)27-25(30)26-22-6-4-5-7-23(22)28-16-14-19(3)15-17-28/h4-13,18-19H,14-17H2,1-3H3,(H2,26,27,29,30)/b13-10+. The normalized spacial score (nSPS) is 14.9. The zero-order valence-electron chi connectivity index (χ0n) is 18.0. The Morgan fingerprint density at radius 1 is 1.10 bits per heavy atom. The molecule has 158 valence electrons. The fraction of sp³-hybridized carbons (Fsp3) is 0.360. The summed E-state index contributed by atoms with van der Waals surface area (Å²) in [5.74, 6) is 1.02. The van der Waals surface area contributed by atoms with Crippen LogP contribution >= 0.6 is 12.2 Å². The Hall–Kier alpha value is -2.66. The molecule has 1 fully saturated rings. The smallest absolute Gasteiger partial charge is 0.250 e. The first-order valence-electron chi connectivity index (χ1n) is 10.7. The highest BCUT2D eigenvalue weighted by Crippen LogP contribution is 2.29. The van der Waals surface area contributed by atoms with E-state index in [-0.39, 0.29) is 5.91 Å². The van der Waals surface area contributed by atoms with Crippen LogP contribution in [-0.2, 0) is 4.79 Å². The second kappa shape index (κ2) is 10.4. The summed E-state index contributed by atoms with van der Waals surface area (Å²) in [5.41, 5.74) is 4.31. The number of rotatable bonds is 5.